The van der Waals surface area contributed by atoms with Crippen molar-refractivity contribution < 1.29 is 4.79 Å². The Morgan fingerprint density at radius 1 is 0.818 bits per heavy atom. The fraction of sp³-hybridized carbons (Fsp3) is 0.414. The number of carbonyl (C=O) groups is 1. The number of hydrogen-bond acceptors (Lipinski definition) is 2. The Hall–Kier alpha value is -1.65. The van der Waals surface area contributed by atoms with E-state index in [4.69, 9.17) is 0 Å². The number of Topliss-reactive ketones (excluding diaryl/α,β-unsaturated/α-hetero) is 1. The summed E-state index contributed by atoms with van der Waals surface area (Å²) in [6, 6.07) is 8.62. The zero-order chi connectivity index (χ0) is 23.5. The number of anilines is 1. The summed E-state index contributed by atoms with van der Waals surface area (Å²) in [5, 5.41) is 0. The standard InChI is InChI=1S/C29H35Br2NO/c1-2-3-4-5-6-7-8-9-10-13-19-32-20-18-24(25-14-11-12-15-28(25)32)17-16-23-21-26(30)29(33)27(31)22-23/h11-12,14-18,20-22H,2-10,13,19H2,1H3/b24-17+. The van der Waals surface area contributed by atoms with Crippen LogP contribution in [0, 0.1) is 0 Å². The number of benzene rings is 1. The van der Waals surface area contributed by atoms with Crippen LogP contribution in [0.1, 0.15) is 76.7 Å². The molecule has 1 heterocycles. The van der Waals surface area contributed by atoms with E-state index >= 15 is 0 Å². The fourth-order valence-electron chi connectivity index (χ4n) is 4.28. The lowest BCUT2D eigenvalue weighted by Crippen LogP contribution is -2.21. The lowest BCUT2D eigenvalue weighted by atomic mass is 9.98. The average Bonchev–Trinajstić information content (AvgIpc) is 2.82. The van der Waals surface area contributed by atoms with E-state index in [2.05, 4.69) is 92.4 Å². The average molecular weight is 573 g/mol. The highest BCUT2D eigenvalue weighted by atomic mass is 79.9. The van der Waals surface area contributed by atoms with Gasteiger partial charge in [-0.25, -0.2) is 0 Å². The molecule has 33 heavy (non-hydrogen) atoms. The van der Waals surface area contributed by atoms with Crippen molar-refractivity contribution >= 4 is 48.9 Å². The molecule has 0 aromatic heterocycles. The topological polar surface area (TPSA) is 20.3 Å². The molecular formula is C29H35Br2NO. The van der Waals surface area contributed by atoms with E-state index in [1.807, 2.05) is 12.2 Å². The van der Waals surface area contributed by atoms with Gasteiger partial charge in [-0.2, -0.15) is 0 Å². The first kappa shape index (κ1) is 26.0. The van der Waals surface area contributed by atoms with Gasteiger partial charge in [0, 0.05) is 24.0 Å². The normalized spacial score (nSPS) is 16.7. The molecule has 0 saturated heterocycles. The Kier molecular flexibility index (Phi) is 10.9. The van der Waals surface area contributed by atoms with Crippen molar-refractivity contribution in [2.75, 3.05) is 11.4 Å². The number of carbonyl (C=O) groups excluding carboxylic acids is 1. The van der Waals surface area contributed by atoms with Crippen molar-refractivity contribution in [3.05, 3.63) is 80.9 Å². The number of hydrogen-bond donors (Lipinski definition) is 0. The van der Waals surface area contributed by atoms with Crippen LogP contribution in [-0.2, 0) is 4.79 Å². The summed E-state index contributed by atoms with van der Waals surface area (Å²) in [6.45, 7) is 3.34. The van der Waals surface area contributed by atoms with E-state index in [-0.39, 0.29) is 5.78 Å². The molecule has 0 saturated carbocycles. The highest BCUT2D eigenvalue weighted by molar-refractivity contribution is 9.13. The lowest BCUT2D eigenvalue weighted by Gasteiger charge is -2.27. The molecule has 0 bridgehead atoms. The summed E-state index contributed by atoms with van der Waals surface area (Å²) < 4.78 is 1.15. The number of ketones is 1. The summed E-state index contributed by atoms with van der Waals surface area (Å²) >= 11 is 6.70. The second kappa shape index (κ2) is 13.9. The molecule has 0 atom stereocenters. The van der Waals surface area contributed by atoms with Crippen LogP contribution < -0.4 is 4.90 Å². The third-order valence-corrected chi connectivity index (χ3v) is 7.37. The molecule has 0 amide bonds. The van der Waals surface area contributed by atoms with Gasteiger partial charge >= 0.3 is 0 Å². The summed E-state index contributed by atoms with van der Waals surface area (Å²) in [5.74, 6) is -0.0228. The summed E-state index contributed by atoms with van der Waals surface area (Å²) in [4.78, 5) is 14.3. The molecule has 3 rings (SSSR count). The number of rotatable bonds is 12. The van der Waals surface area contributed by atoms with Gasteiger partial charge in [-0.05, 0) is 73.7 Å². The lowest BCUT2D eigenvalue weighted by molar-refractivity contribution is -0.110. The second-order valence-electron chi connectivity index (χ2n) is 8.81. The minimum absolute atomic E-state index is 0.0228. The first-order valence-electron chi connectivity index (χ1n) is 12.4. The molecule has 0 spiro atoms. The molecule has 0 radical (unpaired) electrons. The maximum absolute atomic E-state index is 11.9. The van der Waals surface area contributed by atoms with Gasteiger partial charge in [0.2, 0.25) is 5.78 Å². The van der Waals surface area contributed by atoms with Gasteiger partial charge in [-0.3, -0.25) is 4.79 Å². The van der Waals surface area contributed by atoms with Crippen molar-refractivity contribution in [2.24, 2.45) is 0 Å². The molecule has 1 aliphatic heterocycles. The minimum atomic E-state index is -0.0228. The van der Waals surface area contributed by atoms with E-state index in [0.29, 0.717) is 8.96 Å². The molecule has 0 N–H and O–H groups in total. The van der Waals surface area contributed by atoms with Gasteiger partial charge in [0.15, 0.2) is 0 Å². The number of fused-ring (bicyclic) bond motifs is 1. The maximum Gasteiger partial charge on any atom is 0.206 e. The quantitative estimate of drug-likeness (QED) is 0.232. The molecule has 4 heteroatoms. The van der Waals surface area contributed by atoms with Gasteiger partial charge in [0.25, 0.3) is 0 Å². The largest absolute Gasteiger partial charge is 0.347 e. The van der Waals surface area contributed by atoms with Crippen molar-refractivity contribution in [1.29, 1.82) is 0 Å². The SMILES string of the molecule is CCCCCCCCCCCCN1C=C/C(=C\C=C2C=C(Br)C(=O)C(Br)=C2)c2ccccc21. The highest BCUT2D eigenvalue weighted by Gasteiger charge is 2.17. The highest BCUT2D eigenvalue weighted by Crippen LogP contribution is 2.33. The van der Waals surface area contributed by atoms with Crippen LogP contribution in [0.4, 0.5) is 5.69 Å². The van der Waals surface area contributed by atoms with E-state index in [1.54, 1.807) is 0 Å². The summed E-state index contributed by atoms with van der Waals surface area (Å²) in [5.41, 5.74) is 4.69. The monoisotopic (exact) mass is 571 g/mol. The molecule has 2 nitrogen and oxygen atoms in total. The molecular weight excluding hydrogens is 538 g/mol. The third kappa shape index (κ3) is 7.96. The van der Waals surface area contributed by atoms with Crippen molar-refractivity contribution in [3.8, 4) is 0 Å². The Balaban J connectivity index is 1.53. The molecule has 176 valence electrons. The van der Waals surface area contributed by atoms with Crippen LogP contribution in [0.15, 0.2) is 75.4 Å². The van der Waals surface area contributed by atoms with Gasteiger partial charge in [0.1, 0.15) is 0 Å². The Bertz CT molecular complexity index is 944. The van der Waals surface area contributed by atoms with E-state index < -0.39 is 0 Å². The summed E-state index contributed by atoms with van der Waals surface area (Å²) in [7, 11) is 0. The number of nitrogens with zero attached hydrogens (tertiary/aromatic N) is 1. The van der Waals surface area contributed by atoms with Crippen LogP contribution in [-0.4, -0.2) is 12.3 Å². The van der Waals surface area contributed by atoms with Crippen LogP contribution in [0.25, 0.3) is 5.57 Å². The van der Waals surface area contributed by atoms with Crippen LogP contribution >= 0.6 is 31.9 Å². The van der Waals surface area contributed by atoms with Crippen LogP contribution in [0.2, 0.25) is 0 Å². The molecule has 1 aromatic carbocycles. The molecule has 0 unspecified atom stereocenters. The van der Waals surface area contributed by atoms with Crippen molar-refractivity contribution in [1.82, 2.24) is 0 Å². The van der Waals surface area contributed by atoms with Gasteiger partial charge in [-0.15, -0.1) is 0 Å². The van der Waals surface area contributed by atoms with Crippen LogP contribution in [0.3, 0.4) is 0 Å². The number of halogens is 2. The van der Waals surface area contributed by atoms with E-state index in [0.717, 1.165) is 12.1 Å². The second-order valence-corrected chi connectivity index (χ2v) is 10.5. The number of unbranched alkanes of at least 4 members (excludes halogenated alkanes) is 9. The van der Waals surface area contributed by atoms with Gasteiger partial charge in [-0.1, -0.05) is 95.1 Å². The molecule has 0 fully saturated rings. The van der Waals surface area contributed by atoms with Gasteiger partial charge < -0.3 is 4.90 Å². The van der Waals surface area contributed by atoms with E-state index in [1.165, 1.54) is 81.0 Å². The molecule has 2 aliphatic rings. The first-order chi connectivity index (χ1) is 16.1. The Labute approximate surface area is 216 Å². The zero-order valence-electron chi connectivity index (χ0n) is 19.7. The minimum Gasteiger partial charge on any atom is -0.347 e. The maximum atomic E-state index is 11.9. The van der Waals surface area contributed by atoms with Crippen molar-refractivity contribution in [2.45, 2.75) is 71.1 Å². The first-order valence-corrected chi connectivity index (χ1v) is 13.9. The van der Waals surface area contributed by atoms with E-state index in [9.17, 15) is 4.79 Å². The Morgan fingerprint density at radius 2 is 1.42 bits per heavy atom. The Morgan fingerprint density at radius 3 is 2.09 bits per heavy atom. The van der Waals surface area contributed by atoms with Gasteiger partial charge in [0.05, 0.1) is 8.96 Å². The number of para-hydroxylation sites is 1. The predicted molar refractivity (Wildman–Crippen MR) is 150 cm³/mol. The smallest absolute Gasteiger partial charge is 0.206 e. The number of allylic oxidation sites excluding steroid dienone is 9. The third-order valence-electron chi connectivity index (χ3n) is 6.19. The van der Waals surface area contributed by atoms with Crippen molar-refractivity contribution in [3.63, 3.8) is 0 Å². The summed E-state index contributed by atoms with van der Waals surface area (Å²) in [6.07, 6.45) is 25.9. The molecule has 1 aromatic rings. The van der Waals surface area contributed by atoms with Crippen LogP contribution in [0.5, 0.6) is 0 Å². The fourth-order valence-corrected chi connectivity index (χ4v) is 5.50. The predicted octanol–water partition coefficient (Wildman–Crippen LogP) is 9.39. The molecule has 1 aliphatic carbocycles. The zero-order valence-corrected chi connectivity index (χ0v) is 22.8.